The van der Waals surface area contributed by atoms with Gasteiger partial charge < -0.3 is 10.1 Å². The van der Waals surface area contributed by atoms with Crippen LogP contribution in [-0.2, 0) is 20.9 Å². The van der Waals surface area contributed by atoms with Crippen LogP contribution in [-0.4, -0.2) is 27.5 Å². The molecule has 1 atom stereocenters. The van der Waals surface area contributed by atoms with Gasteiger partial charge in [0.15, 0.2) is 6.10 Å². The van der Waals surface area contributed by atoms with Crippen LogP contribution in [0.2, 0.25) is 0 Å². The summed E-state index contributed by atoms with van der Waals surface area (Å²) in [6.07, 6.45) is 0.124. The second-order valence-corrected chi connectivity index (χ2v) is 5.89. The molecule has 0 spiro atoms. The van der Waals surface area contributed by atoms with Gasteiger partial charge in [-0.15, -0.1) is 0 Å². The van der Waals surface area contributed by atoms with Gasteiger partial charge in [-0.05, 0) is 18.4 Å². The third-order valence-corrected chi connectivity index (χ3v) is 3.92. The van der Waals surface area contributed by atoms with Gasteiger partial charge in [-0.25, -0.2) is 4.79 Å². The van der Waals surface area contributed by atoms with Crippen LogP contribution in [0.1, 0.15) is 6.92 Å². The van der Waals surface area contributed by atoms with E-state index < -0.39 is 35.8 Å². The molecule has 2 aromatic carbocycles. The van der Waals surface area contributed by atoms with E-state index in [1.165, 1.54) is 13.1 Å². The Hall–Kier alpha value is -3.68. The van der Waals surface area contributed by atoms with Crippen LogP contribution in [0.4, 0.5) is 5.69 Å². The van der Waals surface area contributed by atoms with Gasteiger partial charge in [0.2, 0.25) is 0 Å². The minimum atomic E-state index is -1.06. The summed E-state index contributed by atoms with van der Waals surface area (Å²) in [4.78, 5) is 49.0. The van der Waals surface area contributed by atoms with Crippen molar-refractivity contribution < 1.29 is 14.3 Å². The predicted octanol–water partition coefficient (Wildman–Crippen LogP) is 1.26. The summed E-state index contributed by atoms with van der Waals surface area (Å²) in [6, 6.07) is 14.2. The lowest BCUT2D eigenvalue weighted by molar-refractivity contribution is -0.153. The number of amides is 1. The second kappa shape index (κ2) is 7.69. The van der Waals surface area contributed by atoms with Crippen molar-refractivity contribution in [2.75, 3.05) is 5.32 Å². The number of rotatable bonds is 5. The summed E-state index contributed by atoms with van der Waals surface area (Å²) in [5.74, 6) is -1.27. The van der Waals surface area contributed by atoms with Crippen molar-refractivity contribution in [2.45, 2.75) is 19.6 Å². The molecule has 138 valence electrons. The number of ether oxygens (including phenoxy) is 1. The zero-order valence-electron chi connectivity index (χ0n) is 14.5. The van der Waals surface area contributed by atoms with Gasteiger partial charge in [-0.2, -0.15) is 0 Å². The fourth-order valence-electron chi connectivity index (χ4n) is 2.56. The largest absolute Gasteiger partial charge is 0.451 e. The zero-order chi connectivity index (χ0) is 19.4. The topological polar surface area (TPSA) is 110 Å². The summed E-state index contributed by atoms with van der Waals surface area (Å²) in [5, 5.41) is 4.58. The third kappa shape index (κ3) is 4.30. The molecule has 8 nitrogen and oxygen atoms in total. The Kier molecular flexibility index (Phi) is 5.16. The van der Waals surface area contributed by atoms with Gasteiger partial charge in [0.25, 0.3) is 11.5 Å². The van der Waals surface area contributed by atoms with E-state index >= 15 is 0 Å². The van der Waals surface area contributed by atoms with Crippen molar-refractivity contribution in [2.24, 2.45) is 0 Å². The minimum Gasteiger partial charge on any atom is -0.451 e. The molecule has 0 bridgehead atoms. The minimum absolute atomic E-state index is 0.415. The maximum atomic E-state index is 12.4. The van der Waals surface area contributed by atoms with Crippen LogP contribution in [0.3, 0.4) is 0 Å². The quantitative estimate of drug-likeness (QED) is 0.660. The van der Waals surface area contributed by atoms with Gasteiger partial charge >= 0.3 is 11.7 Å². The van der Waals surface area contributed by atoms with Crippen LogP contribution < -0.4 is 16.6 Å². The lowest BCUT2D eigenvalue weighted by atomic mass is 10.1. The van der Waals surface area contributed by atoms with Crippen LogP contribution >= 0.6 is 0 Å². The lowest BCUT2D eigenvalue weighted by Gasteiger charge is -2.15. The maximum absolute atomic E-state index is 12.4. The lowest BCUT2D eigenvalue weighted by Crippen LogP contribution is -2.34. The first-order valence-electron chi connectivity index (χ1n) is 8.22. The number of carbonyl (C=O) groups is 2. The van der Waals surface area contributed by atoms with Crippen LogP contribution in [0.15, 0.2) is 64.3 Å². The summed E-state index contributed by atoms with van der Waals surface area (Å²) < 4.78 is 6.07. The van der Waals surface area contributed by atoms with E-state index in [0.29, 0.717) is 5.69 Å². The molecule has 0 radical (unpaired) electrons. The molecule has 1 aromatic heterocycles. The number of anilines is 1. The highest BCUT2D eigenvalue weighted by Gasteiger charge is 2.19. The van der Waals surface area contributed by atoms with Crippen LogP contribution in [0.5, 0.6) is 0 Å². The monoisotopic (exact) mass is 367 g/mol. The molecule has 0 fully saturated rings. The number of nitrogens with zero attached hydrogens (tertiary/aromatic N) is 1. The Morgan fingerprint density at radius 2 is 1.85 bits per heavy atom. The van der Waals surface area contributed by atoms with Crippen molar-refractivity contribution in [1.29, 1.82) is 0 Å². The molecule has 2 N–H and O–H groups in total. The number of esters is 1. The van der Waals surface area contributed by atoms with Crippen molar-refractivity contribution in [3.63, 3.8) is 0 Å². The first-order chi connectivity index (χ1) is 12.9. The van der Waals surface area contributed by atoms with E-state index in [-0.39, 0.29) is 0 Å². The highest BCUT2D eigenvalue weighted by Crippen LogP contribution is 2.23. The summed E-state index contributed by atoms with van der Waals surface area (Å²) >= 11 is 0. The van der Waals surface area contributed by atoms with Crippen LogP contribution in [0.25, 0.3) is 10.8 Å². The Morgan fingerprint density at radius 1 is 1.11 bits per heavy atom. The number of hydrogen-bond acceptors (Lipinski definition) is 5. The summed E-state index contributed by atoms with van der Waals surface area (Å²) in [7, 11) is 0. The molecule has 8 heteroatoms. The highest BCUT2D eigenvalue weighted by molar-refractivity contribution is 6.03. The van der Waals surface area contributed by atoms with E-state index in [1.807, 2.05) is 41.4 Å². The summed E-state index contributed by atoms with van der Waals surface area (Å²) in [5.41, 5.74) is -0.683. The molecule has 0 saturated heterocycles. The Balaban J connectivity index is 1.65. The highest BCUT2D eigenvalue weighted by atomic mass is 16.5. The molecular formula is C19H17N3O5. The normalized spacial score (nSPS) is 11.7. The molecular weight excluding hydrogens is 350 g/mol. The standard InChI is InChI=1S/C19H17N3O5/c1-12(27-17(24)11-22-10-9-16(23)21-19(22)26)18(25)20-15-8-4-6-13-5-2-3-7-14(13)15/h2-10,12H,11H2,1H3,(H,20,25)(H,21,23,26)/t12-/m1/s1. The molecule has 0 aliphatic carbocycles. The van der Waals surface area contributed by atoms with Crippen molar-refractivity contribution in [3.8, 4) is 0 Å². The van der Waals surface area contributed by atoms with E-state index in [0.717, 1.165) is 21.4 Å². The molecule has 1 heterocycles. The SMILES string of the molecule is C[C@@H](OC(=O)Cn1ccc(=O)[nH]c1=O)C(=O)Nc1cccc2ccccc12. The molecule has 1 amide bonds. The number of hydrogen-bond donors (Lipinski definition) is 2. The van der Waals surface area contributed by atoms with Crippen molar-refractivity contribution in [1.82, 2.24) is 9.55 Å². The molecule has 3 rings (SSSR count). The number of fused-ring (bicyclic) bond motifs is 1. The fraction of sp³-hybridized carbons (Fsp3) is 0.158. The Bertz CT molecular complexity index is 1110. The molecule has 27 heavy (non-hydrogen) atoms. The first kappa shape index (κ1) is 18.1. The Morgan fingerprint density at radius 3 is 2.63 bits per heavy atom. The number of carbonyl (C=O) groups excluding carboxylic acids is 2. The number of H-pyrrole nitrogens is 1. The fourth-order valence-corrected chi connectivity index (χ4v) is 2.56. The molecule has 3 aromatic rings. The molecule has 0 aliphatic heterocycles. The number of benzene rings is 2. The maximum Gasteiger partial charge on any atom is 0.328 e. The predicted molar refractivity (Wildman–Crippen MR) is 99.5 cm³/mol. The smallest absolute Gasteiger partial charge is 0.328 e. The van der Waals surface area contributed by atoms with Gasteiger partial charge in [0.05, 0.1) is 0 Å². The van der Waals surface area contributed by atoms with Crippen molar-refractivity contribution >= 4 is 28.3 Å². The number of nitrogens with one attached hydrogen (secondary N) is 2. The van der Waals surface area contributed by atoms with Gasteiger partial charge in [-0.1, -0.05) is 36.4 Å². The zero-order valence-corrected chi connectivity index (χ0v) is 14.5. The first-order valence-corrected chi connectivity index (χ1v) is 8.22. The second-order valence-electron chi connectivity index (χ2n) is 5.89. The van der Waals surface area contributed by atoms with E-state index in [4.69, 9.17) is 4.74 Å². The Labute approximate surface area is 153 Å². The number of aromatic amines is 1. The molecule has 0 aliphatic rings. The molecule has 0 unspecified atom stereocenters. The van der Waals surface area contributed by atoms with E-state index in [2.05, 4.69) is 5.32 Å². The third-order valence-electron chi connectivity index (χ3n) is 3.92. The van der Waals surface area contributed by atoms with Crippen LogP contribution in [0, 0.1) is 0 Å². The average Bonchev–Trinajstić information content (AvgIpc) is 2.64. The van der Waals surface area contributed by atoms with Gasteiger partial charge in [0, 0.05) is 23.3 Å². The van der Waals surface area contributed by atoms with E-state index in [9.17, 15) is 19.2 Å². The molecule has 0 saturated carbocycles. The van der Waals surface area contributed by atoms with Gasteiger partial charge in [-0.3, -0.25) is 23.9 Å². The van der Waals surface area contributed by atoms with Crippen molar-refractivity contribution in [3.05, 3.63) is 75.6 Å². The average molecular weight is 367 g/mol. The van der Waals surface area contributed by atoms with E-state index in [1.54, 1.807) is 6.07 Å². The van der Waals surface area contributed by atoms with Gasteiger partial charge in [0.1, 0.15) is 6.54 Å². The number of aromatic nitrogens is 2. The summed E-state index contributed by atoms with van der Waals surface area (Å²) in [6.45, 7) is 1.02.